The van der Waals surface area contributed by atoms with Crippen molar-refractivity contribution in [2.75, 3.05) is 33.1 Å². The van der Waals surface area contributed by atoms with Gasteiger partial charge in [-0.2, -0.15) is 0 Å². The van der Waals surface area contributed by atoms with Crippen LogP contribution in [0.15, 0.2) is 18.2 Å². The number of methoxy groups -OCH3 is 2. The number of halogens is 1. The fourth-order valence-corrected chi connectivity index (χ4v) is 3.53. The van der Waals surface area contributed by atoms with Crippen molar-refractivity contribution < 1.29 is 19.1 Å². The van der Waals surface area contributed by atoms with Crippen molar-refractivity contribution in [3.05, 3.63) is 28.8 Å². The third kappa shape index (κ3) is 4.08. The van der Waals surface area contributed by atoms with Crippen molar-refractivity contribution >= 4 is 35.2 Å². The molecule has 2 rings (SSSR count). The first-order valence-electron chi connectivity index (χ1n) is 6.86. The molecule has 0 aliphatic carbocycles. The molecule has 1 aliphatic rings. The number of carbonyl (C=O) groups excluding carboxylic acids is 2. The highest BCUT2D eigenvalue weighted by molar-refractivity contribution is 8.00. The molecule has 120 valence electrons. The molecule has 0 bridgehead atoms. The van der Waals surface area contributed by atoms with Crippen molar-refractivity contribution in [2.24, 2.45) is 0 Å². The highest BCUT2D eigenvalue weighted by Gasteiger charge is 2.29. The lowest BCUT2D eigenvalue weighted by atomic mass is 10.1. The average molecular weight is 344 g/mol. The molecule has 0 aromatic heterocycles. The first-order chi connectivity index (χ1) is 10.5. The highest BCUT2D eigenvalue weighted by atomic mass is 35.5. The lowest BCUT2D eigenvalue weighted by Crippen LogP contribution is -2.29. The average Bonchev–Trinajstić information content (AvgIpc) is 3.00. The van der Waals surface area contributed by atoms with Crippen LogP contribution in [0.5, 0.6) is 5.75 Å². The smallest absolute Gasteiger partial charge is 0.315 e. The predicted octanol–water partition coefficient (Wildman–Crippen LogP) is 2.47. The van der Waals surface area contributed by atoms with Gasteiger partial charge in [0.05, 0.1) is 25.5 Å². The van der Waals surface area contributed by atoms with Crippen LogP contribution >= 0.6 is 23.4 Å². The van der Waals surface area contributed by atoms with Crippen LogP contribution < -0.4 is 4.74 Å². The van der Waals surface area contributed by atoms with E-state index < -0.39 is 0 Å². The number of benzene rings is 1. The van der Waals surface area contributed by atoms with E-state index in [0.717, 1.165) is 6.42 Å². The number of amides is 1. The summed E-state index contributed by atoms with van der Waals surface area (Å²) < 4.78 is 9.85. The van der Waals surface area contributed by atoms with E-state index in [1.807, 2.05) is 0 Å². The van der Waals surface area contributed by atoms with Crippen LogP contribution in [-0.4, -0.2) is 55.1 Å². The minimum Gasteiger partial charge on any atom is -0.496 e. The topological polar surface area (TPSA) is 55.8 Å². The number of thioether (sulfide) groups is 1. The quantitative estimate of drug-likeness (QED) is 0.769. The van der Waals surface area contributed by atoms with Gasteiger partial charge in [-0.15, -0.1) is 11.8 Å². The van der Waals surface area contributed by atoms with E-state index in [0.29, 0.717) is 35.2 Å². The molecule has 1 aromatic rings. The standard InChI is InChI=1S/C15H18ClNO4S/c1-20-13-4-3-10(16)7-12(13)15(19)17-6-5-11(8-17)22-9-14(18)21-2/h3-4,7,11H,5-6,8-9H2,1-2H3. The van der Waals surface area contributed by atoms with Gasteiger partial charge in [-0.05, 0) is 24.6 Å². The molecule has 1 unspecified atom stereocenters. The number of likely N-dealkylation sites (tertiary alicyclic amines) is 1. The summed E-state index contributed by atoms with van der Waals surface area (Å²) in [7, 11) is 2.90. The van der Waals surface area contributed by atoms with Crippen molar-refractivity contribution in [3.63, 3.8) is 0 Å². The van der Waals surface area contributed by atoms with Gasteiger partial charge in [-0.3, -0.25) is 9.59 Å². The monoisotopic (exact) mass is 343 g/mol. The second-order valence-corrected chi connectivity index (χ2v) is 6.62. The van der Waals surface area contributed by atoms with E-state index >= 15 is 0 Å². The van der Waals surface area contributed by atoms with Gasteiger partial charge in [0.25, 0.3) is 5.91 Å². The van der Waals surface area contributed by atoms with Crippen LogP contribution in [0, 0.1) is 0 Å². The Bertz CT molecular complexity index is 566. The summed E-state index contributed by atoms with van der Waals surface area (Å²) in [6.45, 7) is 1.27. The van der Waals surface area contributed by atoms with Crippen molar-refractivity contribution in [1.82, 2.24) is 4.90 Å². The Kier molecular flexibility index (Phi) is 5.97. The third-order valence-corrected chi connectivity index (χ3v) is 4.98. The van der Waals surface area contributed by atoms with Gasteiger partial charge in [0, 0.05) is 23.4 Å². The second kappa shape index (κ2) is 7.74. The van der Waals surface area contributed by atoms with Crippen molar-refractivity contribution in [1.29, 1.82) is 0 Å². The molecule has 1 aromatic carbocycles. The molecule has 0 N–H and O–H groups in total. The molecule has 0 radical (unpaired) electrons. The van der Waals surface area contributed by atoms with Crippen LogP contribution in [0.1, 0.15) is 16.8 Å². The molecule has 1 heterocycles. The van der Waals surface area contributed by atoms with Crippen LogP contribution in [0.25, 0.3) is 0 Å². The van der Waals surface area contributed by atoms with Crippen molar-refractivity contribution in [2.45, 2.75) is 11.7 Å². The molecule has 1 aliphatic heterocycles. The summed E-state index contributed by atoms with van der Waals surface area (Å²) in [6.07, 6.45) is 0.857. The lowest BCUT2D eigenvalue weighted by molar-refractivity contribution is -0.137. The molecular formula is C15H18ClNO4S. The first-order valence-corrected chi connectivity index (χ1v) is 8.29. The molecule has 7 heteroatoms. The minimum atomic E-state index is -0.244. The second-order valence-electron chi connectivity index (χ2n) is 4.89. The Hall–Kier alpha value is -1.40. The van der Waals surface area contributed by atoms with E-state index in [-0.39, 0.29) is 17.1 Å². The molecular weight excluding hydrogens is 326 g/mol. The maximum Gasteiger partial charge on any atom is 0.315 e. The molecule has 1 atom stereocenters. The van der Waals surface area contributed by atoms with Gasteiger partial charge in [-0.25, -0.2) is 0 Å². The number of hydrogen-bond donors (Lipinski definition) is 0. The van der Waals surface area contributed by atoms with Crippen LogP contribution in [0.2, 0.25) is 5.02 Å². The van der Waals surface area contributed by atoms with Gasteiger partial charge in [0.2, 0.25) is 0 Å². The van der Waals surface area contributed by atoms with Crippen LogP contribution in [-0.2, 0) is 9.53 Å². The van der Waals surface area contributed by atoms with Crippen molar-refractivity contribution in [3.8, 4) is 5.75 Å². The zero-order valence-electron chi connectivity index (χ0n) is 12.5. The van der Waals surface area contributed by atoms with E-state index in [2.05, 4.69) is 4.74 Å². The Morgan fingerprint density at radius 1 is 1.41 bits per heavy atom. The van der Waals surface area contributed by atoms with E-state index in [9.17, 15) is 9.59 Å². The molecule has 1 fully saturated rings. The summed E-state index contributed by atoms with van der Waals surface area (Å²) >= 11 is 7.49. The molecule has 0 saturated carbocycles. The molecule has 1 amide bonds. The first kappa shape index (κ1) is 17.0. The number of esters is 1. The SMILES string of the molecule is COC(=O)CSC1CCN(C(=O)c2cc(Cl)ccc2OC)C1. The van der Waals surface area contributed by atoms with E-state index in [1.54, 1.807) is 23.1 Å². The zero-order chi connectivity index (χ0) is 16.1. The molecule has 0 spiro atoms. The maximum absolute atomic E-state index is 12.6. The summed E-state index contributed by atoms with van der Waals surface area (Å²) in [6, 6.07) is 5.00. The predicted molar refractivity (Wildman–Crippen MR) is 86.8 cm³/mol. The summed E-state index contributed by atoms with van der Waals surface area (Å²) in [5, 5.41) is 0.744. The number of nitrogens with zero attached hydrogens (tertiary/aromatic N) is 1. The van der Waals surface area contributed by atoms with Crippen LogP contribution in [0.3, 0.4) is 0 Å². The minimum absolute atomic E-state index is 0.0967. The fraction of sp³-hybridized carbons (Fsp3) is 0.467. The Balaban J connectivity index is 2.00. The van der Waals surface area contributed by atoms with Gasteiger partial charge >= 0.3 is 5.97 Å². The molecule has 1 saturated heterocycles. The van der Waals surface area contributed by atoms with Gasteiger partial charge in [-0.1, -0.05) is 11.6 Å². The number of hydrogen-bond acceptors (Lipinski definition) is 5. The van der Waals surface area contributed by atoms with E-state index in [1.165, 1.54) is 26.0 Å². The Labute approximate surface area is 138 Å². The van der Waals surface area contributed by atoms with Gasteiger partial charge in [0.1, 0.15) is 5.75 Å². The molecule has 22 heavy (non-hydrogen) atoms. The Morgan fingerprint density at radius 3 is 2.86 bits per heavy atom. The lowest BCUT2D eigenvalue weighted by Gasteiger charge is -2.18. The summed E-state index contributed by atoms with van der Waals surface area (Å²) in [4.78, 5) is 25.5. The number of rotatable bonds is 5. The summed E-state index contributed by atoms with van der Waals surface area (Å²) in [5.41, 5.74) is 0.466. The summed E-state index contributed by atoms with van der Waals surface area (Å²) in [5.74, 6) is 0.482. The normalized spacial score (nSPS) is 17.4. The molecule has 5 nitrogen and oxygen atoms in total. The zero-order valence-corrected chi connectivity index (χ0v) is 14.1. The largest absolute Gasteiger partial charge is 0.496 e. The van der Waals surface area contributed by atoms with Gasteiger partial charge < -0.3 is 14.4 Å². The highest BCUT2D eigenvalue weighted by Crippen LogP contribution is 2.28. The maximum atomic E-state index is 12.6. The Morgan fingerprint density at radius 2 is 2.18 bits per heavy atom. The van der Waals surface area contributed by atoms with Gasteiger partial charge in [0.15, 0.2) is 0 Å². The third-order valence-electron chi connectivity index (χ3n) is 3.49. The van der Waals surface area contributed by atoms with E-state index in [4.69, 9.17) is 16.3 Å². The number of ether oxygens (including phenoxy) is 2. The number of carbonyl (C=O) groups is 2. The fourth-order valence-electron chi connectivity index (χ4n) is 2.31. The van der Waals surface area contributed by atoms with Crippen LogP contribution in [0.4, 0.5) is 0 Å².